The third-order valence-electron chi connectivity index (χ3n) is 3.26. The quantitative estimate of drug-likeness (QED) is 0.726. The highest BCUT2D eigenvalue weighted by molar-refractivity contribution is 5.52. The van der Waals surface area contributed by atoms with Gasteiger partial charge in [-0.3, -0.25) is 0 Å². The molecule has 1 heterocycles. The predicted octanol–water partition coefficient (Wildman–Crippen LogP) is 2.58. The van der Waals surface area contributed by atoms with Gasteiger partial charge in [0.05, 0.1) is 18.3 Å². The van der Waals surface area contributed by atoms with Gasteiger partial charge >= 0.3 is 0 Å². The number of hydrogen-bond acceptors (Lipinski definition) is 3. The Morgan fingerprint density at radius 2 is 2.06 bits per heavy atom. The van der Waals surface area contributed by atoms with E-state index in [1.54, 1.807) is 0 Å². The molecule has 3 nitrogen and oxygen atoms in total. The molecule has 0 saturated carbocycles. The largest absolute Gasteiger partial charge is 0.388 e. The van der Waals surface area contributed by atoms with Gasteiger partial charge in [0, 0.05) is 23.7 Å². The van der Waals surface area contributed by atoms with Crippen LogP contribution in [0, 0.1) is 5.92 Å². The summed E-state index contributed by atoms with van der Waals surface area (Å²) in [5.41, 5.74) is 1.75. The number of rotatable bonds is 0. The maximum absolute atomic E-state index is 10.3. The smallest absolute Gasteiger partial charge is 0.0857 e. The van der Waals surface area contributed by atoms with Crippen LogP contribution in [-0.2, 0) is 4.74 Å². The van der Waals surface area contributed by atoms with E-state index in [0.29, 0.717) is 6.61 Å². The number of fused-ring (bicyclic) bond motifs is 1. The molecule has 94 valence electrons. The Labute approximate surface area is 103 Å². The van der Waals surface area contributed by atoms with Gasteiger partial charge in [0.2, 0.25) is 0 Å². The monoisotopic (exact) mass is 235 g/mol. The highest BCUT2D eigenvalue weighted by Gasteiger charge is 2.26. The molecule has 1 aliphatic rings. The second-order valence-electron chi connectivity index (χ2n) is 5.43. The maximum atomic E-state index is 10.3. The summed E-state index contributed by atoms with van der Waals surface area (Å²) < 4.78 is 5.84. The zero-order chi connectivity index (χ0) is 12.5. The molecule has 1 aromatic rings. The van der Waals surface area contributed by atoms with Crippen molar-refractivity contribution in [3.63, 3.8) is 0 Å². The fraction of sp³-hybridized carbons (Fsp3) is 0.571. The molecule has 2 rings (SSSR count). The molecule has 0 aliphatic carbocycles. The van der Waals surface area contributed by atoms with Gasteiger partial charge < -0.3 is 15.2 Å². The molecule has 0 amide bonds. The van der Waals surface area contributed by atoms with Crippen molar-refractivity contribution in [3.05, 3.63) is 29.8 Å². The highest BCUT2D eigenvalue weighted by Crippen LogP contribution is 2.31. The number of hydrogen-bond donors (Lipinski definition) is 2. The number of benzene rings is 1. The Morgan fingerprint density at radius 1 is 1.35 bits per heavy atom. The Bertz CT molecular complexity index is 390. The van der Waals surface area contributed by atoms with Gasteiger partial charge in [-0.1, -0.05) is 25.1 Å². The molecule has 2 N–H and O–H groups in total. The summed E-state index contributed by atoms with van der Waals surface area (Å²) in [5.74, 6) is 0.0929. The summed E-state index contributed by atoms with van der Waals surface area (Å²) in [7, 11) is 0. The zero-order valence-corrected chi connectivity index (χ0v) is 10.7. The lowest BCUT2D eigenvalue weighted by Gasteiger charge is -2.26. The summed E-state index contributed by atoms with van der Waals surface area (Å²) in [5, 5.41) is 13.7. The van der Waals surface area contributed by atoms with E-state index < -0.39 is 6.10 Å². The first-order chi connectivity index (χ1) is 7.99. The lowest BCUT2D eigenvalue weighted by Crippen LogP contribution is -2.34. The molecule has 0 bridgehead atoms. The first-order valence-electron chi connectivity index (χ1n) is 6.14. The third-order valence-corrected chi connectivity index (χ3v) is 3.26. The van der Waals surface area contributed by atoms with Crippen LogP contribution in [0.5, 0.6) is 0 Å². The zero-order valence-electron chi connectivity index (χ0n) is 10.7. The van der Waals surface area contributed by atoms with Gasteiger partial charge in [-0.05, 0) is 19.9 Å². The van der Waals surface area contributed by atoms with E-state index in [1.807, 2.05) is 31.2 Å². The van der Waals surface area contributed by atoms with Crippen molar-refractivity contribution in [1.29, 1.82) is 0 Å². The van der Waals surface area contributed by atoms with Crippen LogP contribution < -0.4 is 5.32 Å². The molecule has 1 aliphatic heterocycles. The van der Waals surface area contributed by atoms with E-state index >= 15 is 0 Å². The predicted molar refractivity (Wildman–Crippen MR) is 69.1 cm³/mol. The number of aliphatic hydroxyl groups excluding tert-OH is 1. The molecule has 0 radical (unpaired) electrons. The molecule has 17 heavy (non-hydrogen) atoms. The molecule has 0 saturated heterocycles. The van der Waals surface area contributed by atoms with Crippen LogP contribution in [0.15, 0.2) is 24.3 Å². The molecule has 0 aromatic heterocycles. The third kappa shape index (κ3) is 2.79. The standard InChI is InChI=1S/C14H21NO2/c1-10-8-17-14(2,3)9-15-12-7-5-4-6-11(12)13(10)16/h4-7,10,13,15-16H,8-9H2,1-3H3. The first kappa shape index (κ1) is 12.4. The van der Waals surface area contributed by atoms with Crippen LogP contribution in [0.25, 0.3) is 0 Å². The second-order valence-corrected chi connectivity index (χ2v) is 5.43. The summed E-state index contributed by atoms with van der Waals surface area (Å²) >= 11 is 0. The number of anilines is 1. The van der Waals surface area contributed by atoms with Gasteiger partial charge in [0.25, 0.3) is 0 Å². The van der Waals surface area contributed by atoms with Crippen molar-refractivity contribution in [3.8, 4) is 0 Å². The maximum Gasteiger partial charge on any atom is 0.0857 e. The minimum Gasteiger partial charge on any atom is -0.388 e. The molecular formula is C14H21NO2. The summed E-state index contributed by atoms with van der Waals surface area (Å²) in [4.78, 5) is 0. The van der Waals surface area contributed by atoms with Gasteiger partial charge in [-0.15, -0.1) is 0 Å². The summed E-state index contributed by atoms with van der Waals surface area (Å²) in [6.07, 6.45) is -0.479. The Hall–Kier alpha value is -1.06. The molecule has 0 fully saturated rings. The van der Waals surface area contributed by atoms with Crippen LogP contribution in [0.1, 0.15) is 32.4 Å². The van der Waals surface area contributed by atoms with Gasteiger partial charge in [-0.25, -0.2) is 0 Å². The van der Waals surface area contributed by atoms with Crippen LogP contribution in [0.3, 0.4) is 0 Å². The van der Waals surface area contributed by atoms with Gasteiger partial charge in [0.15, 0.2) is 0 Å². The first-order valence-corrected chi connectivity index (χ1v) is 6.14. The van der Waals surface area contributed by atoms with E-state index in [9.17, 15) is 5.11 Å². The molecule has 1 aromatic carbocycles. The summed E-state index contributed by atoms with van der Waals surface area (Å²) in [6, 6.07) is 7.92. The molecule has 2 atom stereocenters. The molecule has 0 spiro atoms. The molecular weight excluding hydrogens is 214 g/mol. The van der Waals surface area contributed by atoms with E-state index in [0.717, 1.165) is 17.8 Å². The lowest BCUT2D eigenvalue weighted by atomic mass is 9.97. The van der Waals surface area contributed by atoms with Crippen LogP contribution >= 0.6 is 0 Å². The van der Waals surface area contributed by atoms with Crippen LogP contribution in [0.4, 0.5) is 5.69 Å². The van der Waals surface area contributed by atoms with Crippen LogP contribution in [-0.4, -0.2) is 23.9 Å². The van der Waals surface area contributed by atoms with E-state index in [-0.39, 0.29) is 11.5 Å². The SMILES string of the molecule is CC1COC(C)(C)CNc2ccccc2C1O. The van der Waals surface area contributed by atoms with Crippen LogP contribution in [0.2, 0.25) is 0 Å². The van der Waals surface area contributed by atoms with E-state index in [1.165, 1.54) is 0 Å². The Balaban J connectivity index is 2.34. The van der Waals surface area contributed by atoms with Gasteiger partial charge in [0.1, 0.15) is 0 Å². The fourth-order valence-corrected chi connectivity index (χ4v) is 2.03. The van der Waals surface area contributed by atoms with E-state index in [2.05, 4.69) is 19.2 Å². The Kier molecular flexibility index (Phi) is 3.40. The van der Waals surface area contributed by atoms with Crippen molar-refractivity contribution in [2.24, 2.45) is 5.92 Å². The highest BCUT2D eigenvalue weighted by atomic mass is 16.5. The second kappa shape index (κ2) is 4.67. The Morgan fingerprint density at radius 3 is 2.82 bits per heavy atom. The number of ether oxygens (including phenoxy) is 1. The topological polar surface area (TPSA) is 41.5 Å². The fourth-order valence-electron chi connectivity index (χ4n) is 2.03. The van der Waals surface area contributed by atoms with Crippen molar-refractivity contribution in [2.75, 3.05) is 18.5 Å². The molecule has 3 heteroatoms. The number of nitrogens with one attached hydrogen (secondary N) is 1. The normalized spacial score (nSPS) is 28.2. The van der Waals surface area contributed by atoms with Crippen molar-refractivity contribution in [2.45, 2.75) is 32.5 Å². The number of aliphatic hydroxyl groups is 1. The average molecular weight is 235 g/mol. The lowest BCUT2D eigenvalue weighted by molar-refractivity contribution is -0.0451. The minimum atomic E-state index is -0.479. The van der Waals surface area contributed by atoms with Crippen molar-refractivity contribution in [1.82, 2.24) is 0 Å². The van der Waals surface area contributed by atoms with Crippen molar-refractivity contribution >= 4 is 5.69 Å². The van der Waals surface area contributed by atoms with Crippen molar-refractivity contribution < 1.29 is 9.84 Å². The summed E-state index contributed by atoms with van der Waals surface area (Å²) in [6.45, 7) is 7.45. The van der Waals surface area contributed by atoms with E-state index in [4.69, 9.17) is 4.74 Å². The average Bonchev–Trinajstić information content (AvgIpc) is 2.36. The minimum absolute atomic E-state index is 0.0929. The number of para-hydroxylation sites is 1. The van der Waals surface area contributed by atoms with Gasteiger partial charge in [-0.2, -0.15) is 0 Å². The molecule has 2 unspecified atom stereocenters.